The Hall–Kier alpha value is -2.10. The SMILES string of the molecule is COc1cc(C=NNc2nc(C)cs2)cc(OC)c1B(O)O. The number of aromatic nitrogens is 1. The molecule has 0 bridgehead atoms. The highest BCUT2D eigenvalue weighted by Crippen LogP contribution is 2.20. The molecule has 0 amide bonds. The van der Waals surface area contributed by atoms with Crippen LogP contribution < -0.4 is 20.4 Å². The number of thiazole rings is 1. The Bertz CT molecular complexity index is 650. The summed E-state index contributed by atoms with van der Waals surface area (Å²) in [5.41, 5.74) is 4.60. The van der Waals surface area contributed by atoms with Crippen LogP contribution in [-0.2, 0) is 0 Å². The van der Waals surface area contributed by atoms with Crippen molar-refractivity contribution in [2.24, 2.45) is 5.10 Å². The van der Waals surface area contributed by atoms with Crippen LogP contribution in [0.1, 0.15) is 11.3 Å². The van der Waals surface area contributed by atoms with Crippen LogP contribution in [0.4, 0.5) is 5.13 Å². The van der Waals surface area contributed by atoms with Crippen molar-refractivity contribution >= 4 is 35.3 Å². The van der Waals surface area contributed by atoms with Gasteiger partial charge in [-0.3, -0.25) is 5.43 Å². The molecule has 0 saturated heterocycles. The van der Waals surface area contributed by atoms with Gasteiger partial charge in [-0.2, -0.15) is 5.10 Å². The van der Waals surface area contributed by atoms with Crippen LogP contribution in [0.3, 0.4) is 0 Å². The molecule has 0 spiro atoms. The van der Waals surface area contributed by atoms with Crippen LogP contribution in [0, 0.1) is 6.92 Å². The van der Waals surface area contributed by atoms with Gasteiger partial charge >= 0.3 is 7.12 Å². The number of nitrogens with zero attached hydrogens (tertiary/aromatic N) is 2. The number of benzene rings is 1. The molecule has 1 aromatic heterocycles. The van der Waals surface area contributed by atoms with E-state index in [2.05, 4.69) is 15.5 Å². The molecule has 9 heteroatoms. The Kier molecular flexibility index (Phi) is 5.37. The Morgan fingerprint density at radius 3 is 2.36 bits per heavy atom. The summed E-state index contributed by atoms with van der Waals surface area (Å²) in [5, 5.41) is 25.5. The van der Waals surface area contributed by atoms with Crippen LogP contribution in [0.15, 0.2) is 22.6 Å². The summed E-state index contributed by atoms with van der Waals surface area (Å²) in [7, 11) is 1.20. The predicted octanol–water partition coefficient (Wildman–Crippen LogP) is 0.595. The second kappa shape index (κ2) is 7.25. The zero-order valence-corrected chi connectivity index (χ0v) is 13.2. The number of aryl methyl sites for hydroxylation is 1. The van der Waals surface area contributed by atoms with Gasteiger partial charge in [0, 0.05) is 10.9 Å². The number of methoxy groups -OCH3 is 2. The maximum atomic E-state index is 9.41. The minimum atomic E-state index is -1.69. The molecule has 0 aliphatic heterocycles. The topological polar surface area (TPSA) is 96.2 Å². The lowest BCUT2D eigenvalue weighted by Gasteiger charge is -2.13. The van der Waals surface area contributed by atoms with E-state index in [1.165, 1.54) is 25.6 Å². The van der Waals surface area contributed by atoms with Crippen molar-refractivity contribution in [3.63, 3.8) is 0 Å². The molecule has 2 aromatic rings. The normalized spacial score (nSPS) is 10.8. The van der Waals surface area contributed by atoms with Crippen molar-refractivity contribution in [2.75, 3.05) is 19.6 Å². The molecule has 0 saturated carbocycles. The number of hydrogen-bond acceptors (Lipinski definition) is 8. The fourth-order valence-corrected chi connectivity index (χ4v) is 2.49. The van der Waals surface area contributed by atoms with E-state index in [4.69, 9.17) is 9.47 Å². The number of anilines is 1. The second-order valence-corrected chi connectivity index (χ2v) is 5.23. The van der Waals surface area contributed by atoms with Gasteiger partial charge in [0.25, 0.3) is 0 Å². The third kappa shape index (κ3) is 3.76. The Balaban J connectivity index is 2.24. The molecule has 0 aliphatic rings. The van der Waals surface area contributed by atoms with Crippen LogP contribution in [0.2, 0.25) is 0 Å². The predicted molar refractivity (Wildman–Crippen MR) is 87.4 cm³/mol. The molecule has 0 unspecified atom stereocenters. The molecule has 7 nitrogen and oxygen atoms in total. The number of nitrogens with one attached hydrogen (secondary N) is 1. The summed E-state index contributed by atoms with van der Waals surface area (Å²) in [5.74, 6) is 0.613. The smallest absolute Gasteiger partial charge is 0.496 e. The lowest BCUT2D eigenvalue weighted by atomic mass is 9.78. The molecule has 0 aliphatic carbocycles. The average molecular weight is 321 g/mol. The highest BCUT2D eigenvalue weighted by atomic mass is 32.1. The summed E-state index contributed by atoms with van der Waals surface area (Å²) in [6.45, 7) is 1.90. The van der Waals surface area contributed by atoms with Crippen molar-refractivity contribution in [1.82, 2.24) is 4.98 Å². The Morgan fingerprint density at radius 1 is 1.27 bits per heavy atom. The summed E-state index contributed by atoms with van der Waals surface area (Å²) >= 11 is 1.45. The van der Waals surface area contributed by atoms with Crippen molar-refractivity contribution in [2.45, 2.75) is 6.92 Å². The van der Waals surface area contributed by atoms with Crippen LogP contribution in [0.25, 0.3) is 0 Å². The number of hydrazone groups is 1. The largest absolute Gasteiger partial charge is 0.497 e. The molecule has 22 heavy (non-hydrogen) atoms. The highest BCUT2D eigenvalue weighted by molar-refractivity contribution is 7.13. The van der Waals surface area contributed by atoms with Crippen LogP contribution in [-0.4, -0.2) is 42.6 Å². The quantitative estimate of drug-likeness (QED) is 0.409. The van der Waals surface area contributed by atoms with Crippen molar-refractivity contribution in [3.05, 3.63) is 28.8 Å². The van der Waals surface area contributed by atoms with Gasteiger partial charge in [-0.15, -0.1) is 11.3 Å². The van der Waals surface area contributed by atoms with Gasteiger partial charge in [0.2, 0.25) is 5.13 Å². The standard InChI is InChI=1S/C13H16BN3O4S/c1-8-7-22-13(16-8)17-15-6-9-4-10(20-2)12(14(18)19)11(5-9)21-3/h4-7,18-19H,1-3H3,(H,16,17). The van der Waals surface area contributed by atoms with E-state index < -0.39 is 7.12 Å². The van der Waals surface area contributed by atoms with Crippen molar-refractivity contribution < 1.29 is 19.5 Å². The second-order valence-electron chi connectivity index (χ2n) is 4.38. The van der Waals surface area contributed by atoms with E-state index in [9.17, 15) is 10.0 Å². The Labute approximate surface area is 132 Å². The molecule has 0 fully saturated rings. The molecular weight excluding hydrogens is 305 g/mol. The molecule has 116 valence electrons. The van der Waals surface area contributed by atoms with E-state index in [1.807, 2.05) is 12.3 Å². The minimum Gasteiger partial charge on any atom is -0.497 e. The molecule has 0 atom stereocenters. The first-order valence-corrected chi connectivity index (χ1v) is 7.26. The van der Waals surface area contributed by atoms with Gasteiger partial charge in [0.05, 0.1) is 31.6 Å². The average Bonchev–Trinajstić information content (AvgIpc) is 2.91. The van der Waals surface area contributed by atoms with Crippen LogP contribution in [0.5, 0.6) is 11.5 Å². The first-order valence-electron chi connectivity index (χ1n) is 6.38. The fourth-order valence-electron chi connectivity index (χ4n) is 1.86. The van der Waals surface area contributed by atoms with Gasteiger partial charge in [-0.1, -0.05) is 0 Å². The zero-order chi connectivity index (χ0) is 16.1. The summed E-state index contributed by atoms with van der Waals surface area (Å²) in [6.07, 6.45) is 1.56. The van der Waals surface area contributed by atoms with Gasteiger partial charge in [-0.25, -0.2) is 4.98 Å². The van der Waals surface area contributed by atoms with Crippen LogP contribution >= 0.6 is 11.3 Å². The molecular formula is C13H16BN3O4S. The van der Waals surface area contributed by atoms with Gasteiger partial charge in [-0.05, 0) is 19.1 Å². The van der Waals surface area contributed by atoms with Gasteiger partial charge in [0.1, 0.15) is 11.5 Å². The first kappa shape index (κ1) is 16.3. The number of rotatable bonds is 6. The van der Waals surface area contributed by atoms with E-state index in [1.54, 1.807) is 18.3 Å². The molecule has 1 heterocycles. The van der Waals surface area contributed by atoms with E-state index in [0.717, 1.165) is 5.69 Å². The number of ether oxygens (including phenoxy) is 2. The fraction of sp³-hybridized carbons (Fsp3) is 0.231. The molecule has 1 aromatic carbocycles. The number of hydrogen-bond donors (Lipinski definition) is 3. The summed E-state index contributed by atoms with van der Waals surface area (Å²) in [4.78, 5) is 4.22. The maximum absolute atomic E-state index is 9.41. The van der Waals surface area contributed by atoms with E-state index >= 15 is 0 Å². The lowest BCUT2D eigenvalue weighted by molar-refractivity contribution is 0.385. The summed E-state index contributed by atoms with van der Waals surface area (Å²) in [6, 6.07) is 3.27. The lowest BCUT2D eigenvalue weighted by Crippen LogP contribution is -2.32. The van der Waals surface area contributed by atoms with E-state index in [-0.39, 0.29) is 5.46 Å². The third-order valence-corrected chi connectivity index (χ3v) is 3.68. The zero-order valence-electron chi connectivity index (χ0n) is 12.4. The van der Waals surface area contributed by atoms with Gasteiger partial charge < -0.3 is 19.5 Å². The molecule has 3 N–H and O–H groups in total. The maximum Gasteiger partial charge on any atom is 0.496 e. The monoisotopic (exact) mass is 321 g/mol. The third-order valence-electron chi connectivity index (χ3n) is 2.82. The van der Waals surface area contributed by atoms with Crippen molar-refractivity contribution in [3.8, 4) is 11.5 Å². The first-order chi connectivity index (χ1) is 10.5. The summed E-state index contributed by atoms with van der Waals surface area (Å²) < 4.78 is 10.3. The highest BCUT2D eigenvalue weighted by Gasteiger charge is 2.23. The minimum absolute atomic E-state index is 0.172. The van der Waals surface area contributed by atoms with Gasteiger partial charge in [0.15, 0.2) is 0 Å². The van der Waals surface area contributed by atoms with E-state index in [0.29, 0.717) is 22.2 Å². The van der Waals surface area contributed by atoms with Crippen molar-refractivity contribution in [1.29, 1.82) is 0 Å². The Morgan fingerprint density at radius 2 is 1.91 bits per heavy atom. The molecule has 0 radical (unpaired) electrons. The molecule has 2 rings (SSSR count).